The Morgan fingerprint density at radius 2 is 2.00 bits per heavy atom. The lowest BCUT2D eigenvalue weighted by Gasteiger charge is -2.08. The second kappa shape index (κ2) is 4.83. The molecule has 0 radical (unpaired) electrons. The maximum absolute atomic E-state index is 12.9. The van der Waals surface area contributed by atoms with E-state index in [2.05, 4.69) is 10.3 Å². The highest BCUT2D eigenvalue weighted by Gasteiger charge is 2.12. The first-order valence-electron chi connectivity index (χ1n) is 5.30. The Labute approximate surface area is 103 Å². The molecule has 0 fully saturated rings. The number of aromatic nitrogens is 1. The van der Waals surface area contributed by atoms with Crippen LogP contribution in [0.15, 0.2) is 36.4 Å². The van der Waals surface area contributed by atoms with E-state index in [-0.39, 0.29) is 11.6 Å². The number of hydrogen-bond donors (Lipinski definition) is 2. The molecule has 92 valence electrons. The van der Waals surface area contributed by atoms with Crippen LogP contribution in [0, 0.1) is 12.9 Å². The summed E-state index contributed by atoms with van der Waals surface area (Å²) in [5, 5.41) is 12.0. The van der Waals surface area contributed by atoms with Crippen LogP contribution >= 0.6 is 0 Å². The Morgan fingerprint density at radius 1 is 1.28 bits per heavy atom. The van der Waals surface area contributed by atoms with Gasteiger partial charge in [-0.25, -0.2) is 4.98 Å². The van der Waals surface area contributed by atoms with E-state index in [9.17, 15) is 14.3 Å². The van der Waals surface area contributed by atoms with Gasteiger partial charge >= 0.3 is 0 Å². The number of phenols is 1. The number of phenolic OH excluding ortho intramolecular Hbond substituents is 1. The third kappa shape index (κ3) is 2.45. The molecule has 1 heterocycles. The smallest absolute Gasteiger partial charge is 0.257 e. The van der Waals surface area contributed by atoms with Crippen molar-refractivity contribution >= 4 is 11.7 Å². The summed E-state index contributed by atoms with van der Waals surface area (Å²) in [4.78, 5) is 15.4. The van der Waals surface area contributed by atoms with Crippen molar-refractivity contribution in [2.24, 2.45) is 0 Å². The van der Waals surface area contributed by atoms with Crippen LogP contribution in [0.25, 0.3) is 0 Å². The number of nitrogens with zero attached hydrogens (tertiary/aromatic N) is 1. The molecule has 2 rings (SSSR count). The van der Waals surface area contributed by atoms with Crippen LogP contribution in [0.1, 0.15) is 15.9 Å². The summed E-state index contributed by atoms with van der Waals surface area (Å²) < 4.78 is 12.9. The van der Waals surface area contributed by atoms with E-state index >= 15 is 0 Å². The first-order chi connectivity index (χ1) is 8.58. The lowest BCUT2D eigenvalue weighted by Crippen LogP contribution is -2.14. The van der Waals surface area contributed by atoms with Crippen LogP contribution in [0.2, 0.25) is 0 Å². The summed E-state index contributed by atoms with van der Waals surface area (Å²) in [5.41, 5.74) is 0.785. The predicted octanol–water partition coefficient (Wildman–Crippen LogP) is 2.49. The first kappa shape index (κ1) is 12.0. The second-order valence-corrected chi connectivity index (χ2v) is 3.75. The van der Waals surface area contributed by atoms with E-state index in [1.54, 1.807) is 19.1 Å². The van der Waals surface area contributed by atoms with Gasteiger partial charge < -0.3 is 10.4 Å². The predicted molar refractivity (Wildman–Crippen MR) is 65.0 cm³/mol. The minimum absolute atomic E-state index is 0.0369. The minimum Gasteiger partial charge on any atom is -0.508 e. The molecule has 1 aromatic carbocycles. The lowest BCUT2D eigenvalue weighted by atomic mass is 10.1. The summed E-state index contributed by atoms with van der Waals surface area (Å²) >= 11 is 0. The monoisotopic (exact) mass is 246 g/mol. The molecule has 0 bridgehead atoms. The summed E-state index contributed by atoms with van der Waals surface area (Å²) in [6, 6.07) is 8.76. The van der Waals surface area contributed by atoms with Crippen LogP contribution < -0.4 is 5.32 Å². The summed E-state index contributed by atoms with van der Waals surface area (Å²) in [5.74, 6) is -0.945. The van der Waals surface area contributed by atoms with E-state index in [0.717, 1.165) is 0 Å². The van der Waals surface area contributed by atoms with Gasteiger partial charge in [0.25, 0.3) is 5.91 Å². The third-order valence-corrected chi connectivity index (χ3v) is 2.51. The molecule has 0 aliphatic rings. The van der Waals surface area contributed by atoms with Crippen LogP contribution in [-0.2, 0) is 0 Å². The molecule has 5 heteroatoms. The summed E-state index contributed by atoms with van der Waals surface area (Å²) in [7, 11) is 0. The van der Waals surface area contributed by atoms with Crippen molar-refractivity contribution < 1.29 is 14.3 Å². The maximum atomic E-state index is 12.9. The number of aromatic hydroxyl groups is 1. The lowest BCUT2D eigenvalue weighted by molar-refractivity contribution is 0.102. The number of pyridine rings is 1. The van der Waals surface area contributed by atoms with Crippen LogP contribution in [-0.4, -0.2) is 16.0 Å². The van der Waals surface area contributed by atoms with E-state index in [1.165, 1.54) is 24.3 Å². The Balaban J connectivity index is 2.25. The van der Waals surface area contributed by atoms with Gasteiger partial charge in [-0.15, -0.1) is 0 Å². The summed E-state index contributed by atoms with van der Waals surface area (Å²) in [6.45, 7) is 1.63. The number of halogens is 1. The Morgan fingerprint density at radius 3 is 2.72 bits per heavy atom. The molecule has 0 spiro atoms. The third-order valence-electron chi connectivity index (χ3n) is 2.51. The molecule has 0 saturated heterocycles. The number of hydrogen-bond acceptors (Lipinski definition) is 3. The van der Waals surface area contributed by atoms with Crippen molar-refractivity contribution in [3.8, 4) is 5.75 Å². The topological polar surface area (TPSA) is 62.2 Å². The highest BCUT2D eigenvalue weighted by Crippen LogP contribution is 2.20. The van der Waals surface area contributed by atoms with Crippen molar-refractivity contribution in [3.05, 3.63) is 53.5 Å². The number of nitrogens with one attached hydrogen (secondary N) is 1. The van der Waals surface area contributed by atoms with Gasteiger partial charge in [0, 0.05) is 11.1 Å². The van der Waals surface area contributed by atoms with Gasteiger partial charge in [-0.05, 0) is 31.2 Å². The Bertz CT molecular complexity index is 599. The Kier molecular flexibility index (Phi) is 3.23. The molecule has 0 aliphatic heterocycles. The highest BCUT2D eigenvalue weighted by molar-refractivity contribution is 6.05. The molecular formula is C13H11FN2O2. The van der Waals surface area contributed by atoms with E-state index in [0.29, 0.717) is 11.1 Å². The molecule has 0 unspecified atom stereocenters. The van der Waals surface area contributed by atoms with E-state index in [1.807, 2.05) is 0 Å². The van der Waals surface area contributed by atoms with E-state index in [4.69, 9.17) is 0 Å². The quantitative estimate of drug-likeness (QED) is 0.800. The fourth-order valence-corrected chi connectivity index (χ4v) is 1.53. The van der Waals surface area contributed by atoms with Gasteiger partial charge in [-0.1, -0.05) is 12.1 Å². The number of rotatable bonds is 2. The largest absolute Gasteiger partial charge is 0.508 e. The standard InChI is InChI=1S/C13H11FN2O2/c1-8-9(4-2-5-10(8)17)13(18)16-12-7-3-6-11(14)15-12/h2-7,17H,1H3,(H,15,16,18). The van der Waals surface area contributed by atoms with Crippen LogP contribution in [0.3, 0.4) is 0 Å². The van der Waals surface area contributed by atoms with Gasteiger partial charge in [0.15, 0.2) is 0 Å². The maximum Gasteiger partial charge on any atom is 0.257 e. The molecule has 0 aliphatic carbocycles. The van der Waals surface area contributed by atoms with Gasteiger partial charge in [-0.3, -0.25) is 4.79 Å². The molecule has 4 nitrogen and oxygen atoms in total. The zero-order valence-corrected chi connectivity index (χ0v) is 9.64. The van der Waals surface area contributed by atoms with Crippen molar-refractivity contribution in [1.82, 2.24) is 4.98 Å². The fraction of sp³-hybridized carbons (Fsp3) is 0.0769. The number of anilines is 1. The summed E-state index contributed by atoms with van der Waals surface area (Å²) in [6.07, 6.45) is 0. The average molecular weight is 246 g/mol. The molecule has 2 N–H and O–H groups in total. The van der Waals surface area contributed by atoms with Gasteiger partial charge in [-0.2, -0.15) is 4.39 Å². The van der Waals surface area contributed by atoms with Gasteiger partial charge in [0.05, 0.1) is 0 Å². The van der Waals surface area contributed by atoms with Gasteiger partial charge in [0.1, 0.15) is 11.6 Å². The first-order valence-corrected chi connectivity index (χ1v) is 5.30. The van der Waals surface area contributed by atoms with Crippen LogP contribution in [0.4, 0.5) is 10.2 Å². The van der Waals surface area contributed by atoms with Crippen molar-refractivity contribution in [3.63, 3.8) is 0 Å². The van der Waals surface area contributed by atoms with Crippen molar-refractivity contribution in [2.75, 3.05) is 5.32 Å². The Hall–Kier alpha value is -2.43. The molecule has 0 saturated carbocycles. The fourth-order valence-electron chi connectivity index (χ4n) is 1.53. The second-order valence-electron chi connectivity index (χ2n) is 3.75. The highest BCUT2D eigenvalue weighted by atomic mass is 19.1. The molecular weight excluding hydrogens is 235 g/mol. The number of amides is 1. The number of benzene rings is 1. The SMILES string of the molecule is Cc1c(O)cccc1C(=O)Nc1cccc(F)n1. The number of carbonyl (C=O) groups excluding carboxylic acids is 1. The van der Waals surface area contributed by atoms with Crippen LogP contribution in [0.5, 0.6) is 5.75 Å². The average Bonchev–Trinajstić information content (AvgIpc) is 2.32. The van der Waals surface area contributed by atoms with Gasteiger partial charge in [0.2, 0.25) is 5.95 Å². The molecule has 1 aromatic heterocycles. The number of carbonyl (C=O) groups is 1. The minimum atomic E-state index is -0.666. The van der Waals surface area contributed by atoms with Crippen molar-refractivity contribution in [2.45, 2.75) is 6.92 Å². The molecule has 1 amide bonds. The zero-order chi connectivity index (χ0) is 13.1. The molecule has 18 heavy (non-hydrogen) atoms. The van der Waals surface area contributed by atoms with E-state index < -0.39 is 11.9 Å². The molecule has 2 aromatic rings. The molecule has 0 atom stereocenters. The normalized spacial score (nSPS) is 10.1. The van der Waals surface area contributed by atoms with Crippen molar-refractivity contribution in [1.29, 1.82) is 0 Å². The zero-order valence-electron chi connectivity index (χ0n) is 9.64.